The zero-order chi connectivity index (χ0) is 26.1. The lowest BCUT2D eigenvalue weighted by molar-refractivity contribution is -0.111. The number of methoxy groups -OCH3 is 1. The van der Waals surface area contributed by atoms with Gasteiger partial charge in [0, 0.05) is 13.5 Å². The fourth-order valence-corrected chi connectivity index (χ4v) is 5.59. The van der Waals surface area contributed by atoms with Crippen molar-refractivity contribution in [1.82, 2.24) is 0 Å². The largest absolute Gasteiger partial charge is 0.467 e. The van der Waals surface area contributed by atoms with Crippen molar-refractivity contribution < 1.29 is 28.5 Å². The van der Waals surface area contributed by atoms with Crippen LogP contribution in [-0.4, -0.2) is 24.5 Å². The minimum atomic E-state index is -3.86. The van der Waals surface area contributed by atoms with Gasteiger partial charge in [0.05, 0.1) is 5.66 Å². The summed E-state index contributed by atoms with van der Waals surface area (Å²) in [6.07, 6.45) is 2.59. The summed E-state index contributed by atoms with van der Waals surface area (Å²) in [4.78, 5) is 15.5. The first-order valence-electron chi connectivity index (χ1n) is 12.3. The van der Waals surface area contributed by atoms with Crippen LogP contribution in [0.4, 0.5) is 0 Å². The van der Waals surface area contributed by atoms with E-state index < -0.39 is 13.3 Å². The van der Waals surface area contributed by atoms with Crippen molar-refractivity contribution in [2.75, 3.05) is 13.9 Å². The van der Waals surface area contributed by atoms with Gasteiger partial charge in [0.15, 0.2) is 12.5 Å². The molecule has 0 aromatic heterocycles. The first-order chi connectivity index (χ1) is 17.3. The van der Waals surface area contributed by atoms with Gasteiger partial charge in [-0.3, -0.25) is 4.57 Å². The Bertz CT molecular complexity index is 1150. The van der Waals surface area contributed by atoms with Crippen LogP contribution in [0.5, 0.6) is 11.5 Å². The molecule has 0 amide bonds. The van der Waals surface area contributed by atoms with E-state index in [-0.39, 0.29) is 6.79 Å². The van der Waals surface area contributed by atoms with Gasteiger partial charge < -0.3 is 19.3 Å². The smallest absolute Gasteiger partial charge is 0.369 e. The third kappa shape index (κ3) is 7.44. The molecule has 0 spiro atoms. The molecule has 6 nitrogen and oxygen atoms in total. The van der Waals surface area contributed by atoms with Gasteiger partial charge in [-0.1, -0.05) is 61.0 Å². The van der Waals surface area contributed by atoms with Crippen LogP contribution in [0.2, 0.25) is 0 Å². The van der Waals surface area contributed by atoms with Crippen molar-refractivity contribution in [2.24, 2.45) is 0 Å². The van der Waals surface area contributed by atoms with E-state index in [2.05, 4.69) is 24.3 Å². The maximum atomic E-state index is 12.5. The van der Waals surface area contributed by atoms with E-state index in [0.717, 1.165) is 40.8 Å². The third-order valence-electron chi connectivity index (χ3n) is 6.39. The fourth-order valence-electron chi connectivity index (χ4n) is 4.35. The van der Waals surface area contributed by atoms with Crippen molar-refractivity contribution in [3.63, 3.8) is 0 Å². The Kier molecular flexibility index (Phi) is 10.1. The number of hydrogen-bond acceptors (Lipinski definition) is 5. The molecule has 0 aliphatic rings. The lowest BCUT2D eigenvalue weighted by Gasteiger charge is -2.19. The molecule has 194 valence electrons. The Morgan fingerprint density at radius 1 is 0.889 bits per heavy atom. The van der Waals surface area contributed by atoms with Crippen molar-refractivity contribution in [3.05, 3.63) is 94.0 Å². The Balaban J connectivity index is 1.80. The van der Waals surface area contributed by atoms with Crippen molar-refractivity contribution in [2.45, 2.75) is 59.0 Å². The molecule has 0 saturated heterocycles. The molecule has 36 heavy (non-hydrogen) atoms. The standard InChI is InChI=1S/C29H37O6P/c1-6-27(7-2)36(30,31)35-34-26-15-21(3)28(22(4)16-26)19-24-13-14-29(33-20-32-5)25(18-24)17-23-11-9-8-10-12-23/h8-16,18,27H,6-7,17,19-20H2,1-5H3,(H,30,31). The molecular weight excluding hydrogens is 475 g/mol. The highest BCUT2D eigenvalue weighted by Gasteiger charge is 2.31. The quantitative estimate of drug-likeness (QED) is 0.113. The second kappa shape index (κ2) is 13.1. The maximum absolute atomic E-state index is 12.5. The summed E-state index contributed by atoms with van der Waals surface area (Å²) >= 11 is 0. The molecule has 7 heteroatoms. The molecule has 0 saturated carbocycles. The average Bonchev–Trinajstić information content (AvgIpc) is 2.86. The van der Waals surface area contributed by atoms with Crippen LogP contribution in [-0.2, 0) is 26.8 Å². The number of rotatable bonds is 13. The molecule has 0 fully saturated rings. The second-order valence-corrected chi connectivity index (χ2v) is 11.1. The first kappa shape index (κ1) is 27.9. The molecule has 3 rings (SSSR count). The predicted octanol–water partition coefficient (Wildman–Crippen LogP) is 7.15. The van der Waals surface area contributed by atoms with E-state index in [4.69, 9.17) is 19.0 Å². The van der Waals surface area contributed by atoms with E-state index in [1.807, 2.05) is 64.1 Å². The average molecular weight is 513 g/mol. The summed E-state index contributed by atoms with van der Waals surface area (Å²) in [6.45, 7) is 7.95. The molecule has 0 bridgehead atoms. The van der Waals surface area contributed by atoms with Crippen molar-refractivity contribution >= 4 is 7.60 Å². The van der Waals surface area contributed by atoms with Gasteiger partial charge in [-0.2, -0.15) is 0 Å². The summed E-state index contributed by atoms with van der Waals surface area (Å²) in [5.41, 5.74) is 6.24. The maximum Gasteiger partial charge on any atom is 0.369 e. The zero-order valence-electron chi connectivity index (χ0n) is 21.8. The third-order valence-corrected chi connectivity index (χ3v) is 8.33. The van der Waals surface area contributed by atoms with Gasteiger partial charge in [0.1, 0.15) is 5.75 Å². The Labute approximate surface area is 214 Å². The van der Waals surface area contributed by atoms with Crippen molar-refractivity contribution in [1.29, 1.82) is 0 Å². The minimum absolute atomic E-state index is 0.195. The summed E-state index contributed by atoms with van der Waals surface area (Å²) in [6, 6.07) is 20.2. The van der Waals surface area contributed by atoms with Gasteiger partial charge in [0.2, 0.25) is 0 Å². The summed E-state index contributed by atoms with van der Waals surface area (Å²) in [5.74, 6) is 1.23. The zero-order valence-corrected chi connectivity index (χ0v) is 22.7. The summed E-state index contributed by atoms with van der Waals surface area (Å²) in [7, 11) is -2.24. The molecule has 0 heterocycles. The van der Waals surface area contributed by atoms with Gasteiger partial charge in [-0.25, -0.2) is 0 Å². The normalized spacial score (nSPS) is 13.0. The Morgan fingerprint density at radius 3 is 2.17 bits per heavy atom. The van der Waals surface area contributed by atoms with Crippen molar-refractivity contribution in [3.8, 4) is 11.5 Å². The monoisotopic (exact) mass is 512 g/mol. The molecule has 1 N–H and O–H groups in total. The lowest BCUT2D eigenvalue weighted by Crippen LogP contribution is -2.10. The molecular formula is C29H37O6P. The van der Waals surface area contributed by atoms with Crippen LogP contribution >= 0.6 is 7.60 Å². The molecule has 0 aliphatic heterocycles. The number of aryl methyl sites for hydroxylation is 2. The van der Waals surface area contributed by atoms with Crippen LogP contribution in [0, 0.1) is 13.8 Å². The van der Waals surface area contributed by atoms with Crippen LogP contribution in [0.1, 0.15) is 60.1 Å². The second-order valence-electron chi connectivity index (χ2n) is 9.06. The van der Waals surface area contributed by atoms with Crippen LogP contribution in [0.25, 0.3) is 0 Å². The molecule has 3 aromatic rings. The van der Waals surface area contributed by atoms with E-state index >= 15 is 0 Å². The number of ether oxygens (including phenoxy) is 2. The predicted molar refractivity (Wildman–Crippen MR) is 143 cm³/mol. The van der Waals surface area contributed by atoms with E-state index in [9.17, 15) is 9.46 Å². The molecule has 1 atom stereocenters. The van der Waals surface area contributed by atoms with E-state index in [1.165, 1.54) is 11.1 Å². The lowest BCUT2D eigenvalue weighted by atomic mass is 9.93. The van der Waals surface area contributed by atoms with Crippen LogP contribution < -0.4 is 9.62 Å². The highest BCUT2D eigenvalue weighted by molar-refractivity contribution is 7.53. The highest BCUT2D eigenvalue weighted by atomic mass is 31.2. The van der Waals surface area contributed by atoms with Gasteiger partial charge in [-0.15, -0.1) is 0 Å². The number of benzene rings is 3. The minimum Gasteiger partial charge on any atom is -0.467 e. The Hall–Kier alpha value is -2.63. The van der Waals surface area contributed by atoms with Crippen LogP contribution in [0.15, 0.2) is 60.7 Å². The van der Waals surface area contributed by atoms with Crippen LogP contribution in [0.3, 0.4) is 0 Å². The van der Waals surface area contributed by atoms with E-state index in [1.54, 1.807) is 7.11 Å². The Morgan fingerprint density at radius 2 is 1.56 bits per heavy atom. The summed E-state index contributed by atoms with van der Waals surface area (Å²) < 4.78 is 28.4. The van der Waals surface area contributed by atoms with Gasteiger partial charge in [-0.05, 0) is 84.7 Å². The van der Waals surface area contributed by atoms with E-state index in [0.29, 0.717) is 18.6 Å². The number of hydrogen-bond donors (Lipinski definition) is 1. The van der Waals surface area contributed by atoms with Gasteiger partial charge >= 0.3 is 7.60 Å². The SMILES string of the molecule is CCC(CC)P(=O)(O)OOc1cc(C)c(Cc2ccc(OCOC)c(Cc3ccccc3)c2)c(C)c1. The molecule has 0 radical (unpaired) electrons. The summed E-state index contributed by atoms with van der Waals surface area (Å²) in [5, 5.41) is 0. The fraction of sp³-hybridized carbons (Fsp3) is 0.379. The van der Waals surface area contributed by atoms with Gasteiger partial charge in [0.25, 0.3) is 0 Å². The topological polar surface area (TPSA) is 74.2 Å². The molecule has 3 aromatic carbocycles. The first-order valence-corrected chi connectivity index (χ1v) is 14.0. The molecule has 0 aliphatic carbocycles. The highest BCUT2D eigenvalue weighted by Crippen LogP contribution is 2.50. The molecule has 1 unspecified atom stereocenters.